The predicted molar refractivity (Wildman–Crippen MR) is 89.3 cm³/mol. The molecule has 0 heterocycles. The molecule has 0 fully saturated rings. The van der Waals surface area contributed by atoms with E-state index in [1.807, 2.05) is 44.1 Å². The Balaban J connectivity index is 2.23. The number of nitrogens with zero attached hydrogens (tertiary/aromatic N) is 1. The van der Waals surface area contributed by atoms with Gasteiger partial charge in [-0.05, 0) is 42.8 Å². The highest BCUT2D eigenvalue weighted by Crippen LogP contribution is 2.24. The number of amides is 1. The molecule has 21 heavy (non-hydrogen) atoms. The first-order chi connectivity index (χ1) is 9.88. The van der Waals surface area contributed by atoms with Crippen LogP contribution in [0.2, 0.25) is 5.02 Å². The van der Waals surface area contributed by atoms with E-state index in [1.165, 1.54) is 0 Å². The number of carbonyl (C=O) groups excluding carboxylic acids is 1. The third kappa shape index (κ3) is 3.47. The molecule has 0 aliphatic heterocycles. The van der Waals surface area contributed by atoms with E-state index in [0.29, 0.717) is 16.3 Å². The van der Waals surface area contributed by atoms with E-state index in [1.54, 1.807) is 18.2 Å². The number of rotatable bonds is 3. The molecular formula is C16H18ClN3O. The van der Waals surface area contributed by atoms with Gasteiger partial charge < -0.3 is 16.0 Å². The summed E-state index contributed by atoms with van der Waals surface area (Å²) in [5.74, 6) is -0.216. The molecular weight excluding hydrogens is 286 g/mol. The maximum absolute atomic E-state index is 12.2. The van der Waals surface area contributed by atoms with Gasteiger partial charge in [-0.1, -0.05) is 17.7 Å². The lowest BCUT2D eigenvalue weighted by Gasteiger charge is -2.17. The van der Waals surface area contributed by atoms with Gasteiger partial charge in [0.2, 0.25) is 0 Å². The van der Waals surface area contributed by atoms with Gasteiger partial charge in [0, 0.05) is 31.0 Å². The Kier molecular flexibility index (Phi) is 4.38. The van der Waals surface area contributed by atoms with E-state index in [4.69, 9.17) is 17.3 Å². The summed E-state index contributed by atoms with van der Waals surface area (Å²) in [5.41, 5.74) is 9.53. The second kappa shape index (κ2) is 6.06. The molecule has 0 aromatic heterocycles. The molecule has 4 nitrogen and oxygen atoms in total. The van der Waals surface area contributed by atoms with Gasteiger partial charge >= 0.3 is 0 Å². The standard InChI is InChI=1S/C16H18ClN3O/c1-10-4-6-12(9-15(10)20(2)3)19-16(21)11-5-7-13(17)14(18)8-11/h4-9H,18H2,1-3H3,(H,19,21). The molecule has 110 valence electrons. The number of nitrogen functional groups attached to an aromatic ring is 1. The van der Waals surface area contributed by atoms with Crippen molar-refractivity contribution in [2.75, 3.05) is 30.0 Å². The Labute approximate surface area is 129 Å². The van der Waals surface area contributed by atoms with Crippen LogP contribution in [0.25, 0.3) is 0 Å². The number of benzene rings is 2. The highest BCUT2D eigenvalue weighted by Gasteiger charge is 2.09. The fourth-order valence-corrected chi connectivity index (χ4v) is 2.17. The van der Waals surface area contributed by atoms with Crippen molar-refractivity contribution in [3.05, 3.63) is 52.5 Å². The third-order valence-electron chi connectivity index (χ3n) is 3.21. The van der Waals surface area contributed by atoms with E-state index in [2.05, 4.69) is 5.32 Å². The van der Waals surface area contributed by atoms with Gasteiger partial charge in [-0.15, -0.1) is 0 Å². The summed E-state index contributed by atoms with van der Waals surface area (Å²) in [4.78, 5) is 14.2. The minimum Gasteiger partial charge on any atom is -0.398 e. The van der Waals surface area contributed by atoms with E-state index < -0.39 is 0 Å². The Bertz CT molecular complexity index is 683. The molecule has 0 aliphatic carbocycles. The highest BCUT2D eigenvalue weighted by molar-refractivity contribution is 6.33. The molecule has 0 atom stereocenters. The van der Waals surface area contributed by atoms with Gasteiger partial charge in [0.25, 0.3) is 5.91 Å². The van der Waals surface area contributed by atoms with E-state index >= 15 is 0 Å². The molecule has 0 aliphatic rings. The number of hydrogen-bond acceptors (Lipinski definition) is 3. The van der Waals surface area contributed by atoms with Crippen molar-refractivity contribution < 1.29 is 4.79 Å². The second-order valence-corrected chi connectivity index (χ2v) is 5.49. The second-order valence-electron chi connectivity index (χ2n) is 5.09. The van der Waals surface area contributed by atoms with Gasteiger partial charge in [-0.2, -0.15) is 0 Å². The average molecular weight is 304 g/mol. The number of anilines is 3. The van der Waals surface area contributed by atoms with Crippen LogP contribution in [0.4, 0.5) is 17.1 Å². The zero-order chi connectivity index (χ0) is 15.6. The van der Waals surface area contributed by atoms with Crippen molar-refractivity contribution in [3.8, 4) is 0 Å². The summed E-state index contributed by atoms with van der Waals surface area (Å²) < 4.78 is 0. The van der Waals surface area contributed by atoms with Crippen molar-refractivity contribution >= 4 is 34.6 Å². The van der Waals surface area contributed by atoms with Crippen LogP contribution in [0.15, 0.2) is 36.4 Å². The number of nitrogens with two attached hydrogens (primary N) is 1. The van der Waals surface area contributed by atoms with Crippen molar-refractivity contribution in [3.63, 3.8) is 0 Å². The summed E-state index contributed by atoms with van der Waals surface area (Å²) in [6.07, 6.45) is 0. The van der Waals surface area contributed by atoms with Gasteiger partial charge in [0.15, 0.2) is 0 Å². The third-order valence-corrected chi connectivity index (χ3v) is 3.55. The summed E-state index contributed by atoms with van der Waals surface area (Å²) in [6, 6.07) is 10.6. The molecule has 5 heteroatoms. The summed E-state index contributed by atoms with van der Waals surface area (Å²) >= 11 is 5.86. The Morgan fingerprint density at radius 1 is 1.19 bits per heavy atom. The first-order valence-corrected chi connectivity index (χ1v) is 6.90. The average Bonchev–Trinajstić information content (AvgIpc) is 2.43. The molecule has 0 spiro atoms. The minimum absolute atomic E-state index is 0.216. The molecule has 0 saturated carbocycles. The maximum Gasteiger partial charge on any atom is 0.255 e. The minimum atomic E-state index is -0.216. The van der Waals surface area contributed by atoms with Gasteiger partial charge in [0.05, 0.1) is 10.7 Å². The van der Waals surface area contributed by atoms with E-state index in [-0.39, 0.29) is 5.91 Å². The maximum atomic E-state index is 12.2. The summed E-state index contributed by atoms with van der Waals surface area (Å²) in [7, 11) is 3.93. The summed E-state index contributed by atoms with van der Waals surface area (Å²) in [6.45, 7) is 2.03. The predicted octanol–water partition coefficient (Wildman–Crippen LogP) is 3.55. The zero-order valence-electron chi connectivity index (χ0n) is 12.3. The lowest BCUT2D eigenvalue weighted by atomic mass is 10.1. The molecule has 0 bridgehead atoms. The Morgan fingerprint density at radius 3 is 2.52 bits per heavy atom. The zero-order valence-corrected chi connectivity index (χ0v) is 13.0. The number of hydrogen-bond donors (Lipinski definition) is 2. The molecule has 0 unspecified atom stereocenters. The largest absolute Gasteiger partial charge is 0.398 e. The first kappa shape index (κ1) is 15.2. The van der Waals surface area contributed by atoms with Crippen LogP contribution >= 0.6 is 11.6 Å². The lowest BCUT2D eigenvalue weighted by molar-refractivity contribution is 0.102. The van der Waals surface area contributed by atoms with Crippen LogP contribution in [-0.4, -0.2) is 20.0 Å². The van der Waals surface area contributed by atoms with Crippen LogP contribution in [-0.2, 0) is 0 Å². The van der Waals surface area contributed by atoms with Crippen molar-refractivity contribution in [1.29, 1.82) is 0 Å². The lowest BCUT2D eigenvalue weighted by Crippen LogP contribution is -2.14. The molecule has 2 aromatic carbocycles. The van der Waals surface area contributed by atoms with Crippen molar-refractivity contribution in [2.24, 2.45) is 0 Å². The van der Waals surface area contributed by atoms with Crippen molar-refractivity contribution in [2.45, 2.75) is 6.92 Å². The van der Waals surface area contributed by atoms with Crippen LogP contribution < -0.4 is 16.0 Å². The fraction of sp³-hybridized carbons (Fsp3) is 0.188. The Morgan fingerprint density at radius 2 is 1.90 bits per heavy atom. The number of carbonyl (C=O) groups is 1. The van der Waals surface area contributed by atoms with Crippen LogP contribution in [0.3, 0.4) is 0 Å². The molecule has 2 rings (SSSR count). The van der Waals surface area contributed by atoms with Crippen molar-refractivity contribution in [1.82, 2.24) is 0 Å². The molecule has 0 radical (unpaired) electrons. The van der Waals surface area contributed by atoms with E-state index in [0.717, 1.165) is 16.9 Å². The topological polar surface area (TPSA) is 58.4 Å². The molecule has 3 N–H and O–H groups in total. The number of nitrogens with one attached hydrogen (secondary N) is 1. The molecule has 0 saturated heterocycles. The van der Waals surface area contributed by atoms with Gasteiger partial charge in [-0.25, -0.2) is 0 Å². The van der Waals surface area contributed by atoms with Crippen LogP contribution in [0, 0.1) is 6.92 Å². The smallest absolute Gasteiger partial charge is 0.255 e. The summed E-state index contributed by atoms with van der Waals surface area (Å²) in [5, 5.41) is 3.30. The fourth-order valence-electron chi connectivity index (χ4n) is 2.06. The highest BCUT2D eigenvalue weighted by atomic mass is 35.5. The quantitative estimate of drug-likeness (QED) is 0.853. The first-order valence-electron chi connectivity index (χ1n) is 6.53. The molecule has 2 aromatic rings. The molecule has 1 amide bonds. The monoisotopic (exact) mass is 303 g/mol. The number of aryl methyl sites for hydroxylation is 1. The van der Waals surface area contributed by atoms with Gasteiger partial charge in [0.1, 0.15) is 0 Å². The van der Waals surface area contributed by atoms with Gasteiger partial charge in [-0.3, -0.25) is 4.79 Å². The normalized spacial score (nSPS) is 10.3. The SMILES string of the molecule is Cc1ccc(NC(=O)c2ccc(Cl)c(N)c2)cc1N(C)C. The Hall–Kier alpha value is -2.20. The van der Waals surface area contributed by atoms with E-state index in [9.17, 15) is 4.79 Å². The number of halogens is 1. The van der Waals surface area contributed by atoms with Crippen LogP contribution in [0.1, 0.15) is 15.9 Å². The van der Waals surface area contributed by atoms with Crippen LogP contribution in [0.5, 0.6) is 0 Å².